The van der Waals surface area contributed by atoms with Crippen molar-refractivity contribution >= 4 is 5.69 Å². The van der Waals surface area contributed by atoms with Gasteiger partial charge in [0.25, 0.3) is 0 Å². The third kappa shape index (κ3) is 5.62. The van der Waals surface area contributed by atoms with Gasteiger partial charge in [-0.2, -0.15) is 0 Å². The monoisotopic (exact) mass is 263 g/mol. The number of nitrogens with two attached hydrogens (primary N) is 1. The largest absolute Gasteiger partial charge is 0.399 e. The number of rotatable bonds is 7. The molecule has 1 aromatic carbocycles. The summed E-state index contributed by atoms with van der Waals surface area (Å²) in [6.45, 7) is 7.93. The summed E-state index contributed by atoms with van der Waals surface area (Å²) in [6, 6.07) is 8.26. The minimum atomic E-state index is 0.153. The van der Waals surface area contributed by atoms with Gasteiger partial charge < -0.3 is 15.5 Å². The number of nitrogen functional groups attached to an aromatic ring is 1. The normalized spacial score (nSPS) is 12.4. The summed E-state index contributed by atoms with van der Waals surface area (Å²) in [4.78, 5) is 4.65. The van der Waals surface area contributed by atoms with E-state index < -0.39 is 0 Å². The Morgan fingerprint density at radius 1 is 1.00 bits per heavy atom. The number of hydrogen-bond donors (Lipinski definition) is 1. The van der Waals surface area contributed by atoms with Crippen LogP contribution in [0.25, 0.3) is 0 Å². The first-order chi connectivity index (χ1) is 8.81. The Kier molecular flexibility index (Phi) is 5.83. The highest BCUT2D eigenvalue weighted by Crippen LogP contribution is 2.24. The van der Waals surface area contributed by atoms with Crippen molar-refractivity contribution in [2.24, 2.45) is 0 Å². The summed E-state index contributed by atoms with van der Waals surface area (Å²) in [7, 11) is 6.45. The van der Waals surface area contributed by atoms with Crippen molar-refractivity contribution in [3.63, 3.8) is 0 Å². The van der Waals surface area contributed by atoms with Crippen molar-refractivity contribution in [1.29, 1.82) is 0 Å². The van der Waals surface area contributed by atoms with Gasteiger partial charge in [0, 0.05) is 17.6 Å². The van der Waals surface area contributed by atoms with Gasteiger partial charge in [-0.3, -0.25) is 0 Å². The molecule has 0 fully saturated rings. The second-order valence-corrected chi connectivity index (χ2v) is 6.40. The van der Waals surface area contributed by atoms with E-state index in [1.165, 1.54) is 12.0 Å². The lowest BCUT2D eigenvalue weighted by Crippen LogP contribution is -2.35. The van der Waals surface area contributed by atoms with Crippen LogP contribution in [0.15, 0.2) is 24.3 Å². The molecule has 0 spiro atoms. The summed E-state index contributed by atoms with van der Waals surface area (Å²) in [5.74, 6) is 0. The molecule has 0 aliphatic heterocycles. The van der Waals surface area contributed by atoms with E-state index in [-0.39, 0.29) is 5.41 Å². The van der Waals surface area contributed by atoms with E-state index in [1.807, 2.05) is 12.1 Å². The molecule has 0 aliphatic carbocycles. The second-order valence-electron chi connectivity index (χ2n) is 6.40. The van der Waals surface area contributed by atoms with E-state index in [9.17, 15) is 0 Å². The van der Waals surface area contributed by atoms with Crippen LogP contribution in [-0.2, 0) is 5.41 Å². The fraction of sp³-hybridized carbons (Fsp3) is 0.625. The molecular formula is C16H29N3. The van der Waals surface area contributed by atoms with Crippen molar-refractivity contribution in [2.75, 3.05) is 46.5 Å². The van der Waals surface area contributed by atoms with Gasteiger partial charge in [0.1, 0.15) is 0 Å². The first kappa shape index (κ1) is 16.0. The summed E-state index contributed by atoms with van der Waals surface area (Å²) in [5, 5.41) is 0. The Morgan fingerprint density at radius 2 is 1.58 bits per heavy atom. The average Bonchev–Trinajstić information content (AvgIpc) is 2.28. The lowest BCUT2D eigenvalue weighted by atomic mass is 9.84. The fourth-order valence-corrected chi connectivity index (χ4v) is 2.44. The van der Waals surface area contributed by atoms with Crippen LogP contribution in [-0.4, -0.2) is 50.6 Å². The maximum Gasteiger partial charge on any atom is 0.0314 e. The molecule has 0 atom stereocenters. The van der Waals surface area contributed by atoms with Gasteiger partial charge in [-0.15, -0.1) is 0 Å². The highest BCUT2D eigenvalue weighted by Gasteiger charge is 2.22. The summed E-state index contributed by atoms with van der Waals surface area (Å²) < 4.78 is 0. The number of nitrogens with zero attached hydrogens (tertiary/aromatic N) is 2. The Bertz CT molecular complexity index is 368. The van der Waals surface area contributed by atoms with Crippen LogP contribution in [0.3, 0.4) is 0 Å². The van der Waals surface area contributed by atoms with E-state index in [4.69, 9.17) is 5.73 Å². The van der Waals surface area contributed by atoms with Crippen molar-refractivity contribution in [3.8, 4) is 0 Å². The zero-order chi connectivity index (χ0) is 14.5. The predicted molar refractivity (Wildman–Crippen MR) is 84.5 cm³/mol. The Balaban J connectivity index is 2.51. The maximum atomic E-state index is 5.75. The van der Waals surface area contributed by atoms with E-state index in [0.29, 0.717) is 0 Å². The quantitative estimate of drug-likeness (QED) is 0.767. The molecule has 108 valence electrons. The van der Waals surface area contributed by atoms with Crippen molar-refractivity contribution in [2.45, 2.75) is 25.7 Å². The first-order valence-corrected chi connectivity index (χ1v) is 7.00. The number of likely N-dealkylation sites (N-methyl/N-ethyl adjacent to an activating group) is 1. The highest BCUT2D eigenvalue weighted by molar-refractivity contribution is 5.41. The highest BCUT2D eigenvalue weighted by atomic mass is 15.1. The van der Waals surface area contributed by atoms with Gasteiger partial charge in [0.05, 0.1) is 0 Å². The topological polar surface area (TPSA) is 32.5 Å². The van der Waals surface area contributed by atoms with Crippen molar-refractivity contribution in [3.05, 3.63) is 29.8 Å². The molecule has 0 bridgehead atoms. The summed E-state index contributed by atoms with van der Waals surface area (Å²) in [5.41, 5.74) is 8.08. The molecule has 0 saturated carbocycles. The zero-order valence-electron chi connectivity index (χ0n) is 13.1. The maximum absolute atomic E-state index is 5.75. The SMILES string of the molecule is CN(C)CCCN(C)CC(C)(C)c1ccc(N)cc1. The number of anilines is 1. The molecule has 1 aromatic rings. The van der Waals surface area contributed by atoms with E-state index in [0.717, 1.165) is 25.3 Å². The molecule has 2 N–H and O–H groups in total. The van der Waals surface area contributed by atoms with Crippen LogP contribution >= 0.6 is 0 Å². The van der Waals surface area contributed by atoms with Gasteiger partial charge >= 0.3 is 0 Å². The van der Waals surface area contributed by atoms with Crippen LogP contribution in [0.5, 0.6) is 0 Å². The number of hydrogen-bond acceptors (Lipinski definition) is 3. The molecule has 0 amide bonds. The standard InChI is InChI=1S/C16H29N3/c1-16(2,14-7-9-15(17)10-8-14)13-19(5)12-6-11-18(3)4/h7-10H,6,11-13,17H2,1-5H3. The van der Waals surface area contributed by atoms with Gasteiger partial charge in [0.2, 0.25) is 0 Å². The predicted octanol–water partition coefficient (Wildman–Crippen LogP) is 2.43. The number of benzene rings is 1. The fourth-order valence-electron chi connectivity index (χ4n) is 2.44. The molecule has 19 heavy (non-hydrogen) atoms. The average molecular weight is 263 g/mol. The molecule has 0 unspecified atom stereocenters. The molecule has 3 nitrogen and oxygen atoms in total. The van der Waals surface area contributed by atoms with Gasteiger partial charge in [0.15, 0.2) is 0 Å². The van der Waals surface area contributed by atoms with E-state index >= 15 is 0 Å². The van der Waals surface area contributed by atoms with Crippen molar-refractivity contribution < 1.29 is 0 Å². The van der Waals surface area contributed by atoms with Crippen LogP contribution < -0.4 is 5.73 Å². The molecular weight excluding hydrogens is 234 g/mol. The first-order valence-electron chi connectivity index (χ1n) is 7.00. The third-order valence-corrected chi connectivity index (χ3v) is 3.50. The molecule has 1 rings (SSSR count). The Morgan fingerprint density at radius 3 is 2.11 bits per heavy atom. The van der Waals surface area contributed by atoms with Crippen LogP contribution in [0.2, 0.25) is 0 Å². The molecule has 3 heteroatoms. The molecule has 0 saturated heterocycles. The van der Waals surface area contributed by atoms with E-state index in [2.05, 4.69) is 56.9 Å². The van der Waals surface area contributed by atoms with Crippen molar-refractivity contribution in [1.82, 2.24) is 9.80 Å². The van der Waals surface area contributed by atoms with Gasteiger partial charge in [-0.1, -0.05) is 26.0 Å². The lowest BCUT2D eigenvalue weighted by Gasteiger charge is -2.31. The van der Waals surface area contributed by atoms with Gasteiger partial charge in [-0.25, -0.2) is 0 Å². The van der Waals surface area contributed by atoms with Gasteiger partial charge in [-0.05, 0) is 58.3 Å². The minimum absolute atomic E-state index is 0.153. The Labute approximate surface area is 118 Å². The Hall–Kier alpha value is -1.06. The van der Waals surface area contributed by atoms with Crippen LogP contribution in [0.4, 0.5) is 5.69 Å². The second kappa shape index (κ2) is 6.92. The molecule has 0 radical (unpaired) electrons. The minimum Gasteiger partial charge on any atom is -0.399 e. The van der Waals surface area contributed by atoms with E-state index in [1.54, 1.807) is 0 Å². The summed E-state index contributed by atoms with van der Waals surface area (Å²) in [6.07, 6.45) is 1.21. The zero-order valence-corrected chi connectivity index (χ0v) is 13.1. The van der Waals surface area contributed by atoms with Crippen LogP contribution in [0, 0.1) is 0 Å². The molecule has 0 aromatic heterocycles. The molecule has 0 heterocycles. The van der Waals surface area contributed by atoms with Crippen LogP contribution in [0.1, 0.15) is 25.8 Å². The summed E-state index contributed by atoms with van der Waals surface area (Å²) >= 11 is 0. The lowest BCUT2D eigenvalue weighted by molar-refractivity contribution is 0.252. The molecule has 0 aliphatic rings. The third-order valence-electron chi connectivity index (χ3n) is 3.50. The smallest absolute Gasteiger partial charge is 0.0314 e.